The first-order chi connectivity index (χ1) is 15.5. The number of hydrogen-bond donors (Lipinski definition) is 0. The van der Waals surface area contributed by atoms with E-state index in [1.165, 1.54) is 20.3 Å². The maximum absolute atomic E-state index is 12.6. The Balaban J connectivity index is 1.78. The number of allylic oxidation sites excluding steroid dienone is 1. The second-order valence-electron chi connectivity index (χ2n) is 6.66. The smallest absolute Gasteiger partial charge is 0.343 e. The zero-order valence-electron chi connectivity index (χ0n) is 18.2. The summed E-state index contributed by atoms with van der Waals surface area (Å²) in [5.41, 5.74) is 1.64. The van der Waals surface area contributed by atoms with Crippen LogP contribution in [0.1, 0.15) is 33.2 Å². The normalized spacial score (nSPS) is 10.6. The summed E-state index contributed by atoms with van der Waals surface area (Å²) in [5, 5.41) is 0. The summed E-state index contributed by atoms with van der Waals surface area (Å²) < 4.78 is 21.6. The molecule has 164 valence electrons. The van der Waals surface area contributed by atoms with Crippen LogP contribution < -0.4 is 18.9 Å². The van der Waals surface area contributed by atoms with Crippen LogP contribution in [-0.2, 0) is 0 Å². The van der Waals surface area contributed by atoms with Gasteiger partial charge in [0.15, 0.2) is 28.8 Å². The number of methoxy groups -OCH3 is 2. The van der Waals surface area contributed by atoms with Crippen molar-refractivity contribution in [2.75, 3.05) is 20.8 Å². The SMILES string of the molecule is CCOc1cc(C=CC(=O)c2ccc(OC)c(OC)c2)ccc1OC(=O)c1ccccc1. The predicted molar refractivity (Wildman–Crippen MR) is 122 cm³/mol. The maximum Gasteiger partial charge on any atom is 0.343 e. The Kier molecular flexibility index (Phi) is 7.65. The summed E-state index contributed by atoms with van der Waals surface area (Å²) in [4.78, 5) is 25.0. The molecule has 0 N–H and O–H groups in total. The zero-order valence-corrected chi connectivity index (χ0v) is 18.2. The lowest BCUT2D eigenvalue weighted by Gasteiger charge is -2.11. The first-order valence-corrected chi connectivity index (χ1v) is 10.0. The van der Waals surface area contributed by atoms with Crippen LogP contribution in [0.2, 0.25) is 0 Å². The molecule has 0 saturated carbocycles. The molecule has 0 fully saturated rings. The molecule has 0 unspecified atom stereocenters. The molecule has 0 aliphatic carbocycles. The molecule has 6 nitrogen and oxygen atoms in total. The Hall–Kier alpha value is -4.06. The monoisotopic (exact) mass is 432 g/mol. The number of esters is 1. The van der Waals surface area contributed by atoms with Crippen molar-refractivity contribution in [2.45, 2.75) is 6.92 Å². The van der Waals surface area contributed by atoms with Crippen molar-refractivity contribution >= 4 is 17.8 Å². The highest BCUT2D eigenvalue weighted by Gasteiger charge is 2.13. The Morgan fingerprint density at radius 2 is 1.50 bits per heavy atom. The van der Waals surface area contributed by atoms with Crippen molar-refractivity contribution in [3.63, 3.8) is 0 Å². The van der Waals surface area contributed by atoms with Crippen LogP contribution in [-0.4, -0.2) is 32.6 Å². The van der Waals surface area contributed by atoms with Crippen LogP contribution >= 0.6 is 0 Å². The molecule has 3 aromatic carbocycles. The third-order valence-corrected chi connectivity index (χ3v) is 4.57. The molecule has 3 aromatic rings. The maximum atomic E-state index is 12.6. The van der Waals surface area contributed by atoms with Crippen LogP contribution in [0.15, 0.2) is 72.8 Å². The number of carbonyl (C=O) groups is 2. The molecular formula is C26H24O6. The van der Waals surface area contributed by atoms with E-state index >= 15 is 0 Å². The molecule has 3 rings (SSSR count). The van der Waals surface area contributed by atoms with Crippen molar-refractivity contribution in [1.29, 1.82) is 0 Å². The van der Waals surface area contributed by atoms with Crippen LogP contribution in [0.25, 0.3) is 6.08 Å². The molecule has 0 spiro atoms. The summed E-state index contributed by atoms with van der Waals surface area (Å²) in [5.74, 6) is 1.09. The third-order valence-electron chi connectivity index (χ3n) is 4.57. The molecule has 0 aliphatic heterocycles. The number of hydrogen-bond acceptors (Lipinski definition) is 6. The van der Waals surface area contributed by atoms with E-state index < -0.39 is 5.97 Å². The lowest BCUT2D eigenvalue weighted by Crippen LogP contribution is -2.09. The van der Waals surface area contributed by atoms with Gasteiger partial charge in [0, 0.05) is 5.56 Å². The Bertz CT molecular complexity index is 1120. The van der Waals surface area contributed by atoms with Crippen LogP contribution in [0.3, 0.4) is 0 Å². The largest absolute Gasteiger partial charge is 0.493 e. The van der Waals surface area contributed by atoms with Gasteiger partial charge in [-0.1, -0.05) is 30.3 Å². The minimum atomic E-state index is -0.474. The lowest BCUT2D eigenvalue weighted by molar-refractivity contribution is 0.0728. The van der Waals surface area contributed by atoms with Gasteiger partial charge < -0.3 is 18.9 Å². The first-order valence-electron chi connectivity index (χ1n) is 10.0. The number of carbonyl (C=O) groups excluding carboxylic acids is 2. The summed E-state index contributed by atoms with van der Waals surface area (Å²) >= 11 is 0. The summed E-state index contributed by atoms with van der Waals surface area (Å²) in [7, 11) is 3.05. The standard InChI is InChI=1S/C26H24O6/c1-4-31-25-16-18(11-14-23(25)32-26(28)19-8-6-5-7-9-19)10-13-21(27)20-12-15-22(29-2)24(17-20)30-3/h5-17H,4H2,1-3H3. The second-order valence-corrected chi connectivity index (χ2v) is 6.66. The number of ether oxygens (including phenoxy) is 4. The average molecular weight is 432 g/mol. The van der Waals surface area contributed by atoms with E-state index in [0.717, 1.165) is 5.56 Å². The summed E-state index contributed by atoms with van der Waals surface area (Å²) in [6.45, 7) is 2.24. The van der Waals surface area contributed by atoms with Gasteiger partial charge in [0.25, 0.3) is 0 Å². The number of ketones is 1. The molecule has 0 heterocycles. The minimum Gasteiger partial charge on any atom is -0.493 e. The minimum absolute atomic E-state index is 0.191. The number of rotatable bonds is 9. The van der Waals surface area contributed by atoms with Gasteiger partial charge in [-0.2, -0.15) is 0 Å². The van der Waals surface area contributed by atoms with Crippen molar-refractivity contribution in [1.82, 2.24) is 0 Å². The van der Waals surface area contributed by atoms with E-state index in [1.807, 2.05) is 13.0 Å². The van der Waals surface area contributed by atoms with Crippen LogP contribution in [0, 0.1) is 0 Å². The summed E-state index contributed by atoms with van der Waals surface area (Å²) in [6, 6.07) is 18.8. The van der Waals surface area contributed by atoms with E-state index in [9.17, 15) is 9.59 Å². The highest BCUT2D eigenvalue weighted by atomic mass is 16.6. The Morgan fingerprint density at radius 1 is 0.781 bits per heavy atom. The van der Waals surface area contributed by atoms with Crippen LogP contribution in [0.4, 0.5) is 0 Å². The van der Waals surface area contributed by atoms with E-state index in [2.05, 4.69) is 0 Å². The van der Waals surface area contributed by atoms with Gasteiger partial charge in [0.2, 0.25) is 0 Å². The predicted octanol–water partition coefficient (Wildman–Crippen LogP) is 5.22. The molecular weight excluding hydrogens is 408 g/mol. The average Bonchev–Trinajstić information content (AvgIpc) is 2.84. The fourth-order valence-corrected chi connectivity index (χ4v) is 2.97. The van der Waals surface area contributed by atoms with E-state index in [-0.39, 0.29) is 5.78 Å². The molecule has 6 heteroatoms. The van der Waals surface area contributed by atoms with Crippen molar-refractivity contribution in [3.05, 3.63) is 89.5 Å². The van der Waals surface area contributed by atoms with Crippen molar-refractivity contribution < 1.29 is 28.5 Å². The van der Waals surface area contributed by atoms with Gasteiger partial charge >= 0.3 is 5.97 Å². The molecule has 0 aromatic heterocycles. The molecule has 32 heavy (non-hydrogen) atoms. The molecule has 0 radical (unpaired) electrons. The fraction of sp³-hybridized carbons (Fsp3) is 0.154. The molecule has 0 amide bonds. The number of benzene rings is 3. The quantitative estimate of drug-likeness (QED) is 0.200. The van der Waals surface area contributed by atoms with Crippen LogP contribution in [0.5, 0.6) is 23.0 Å². The Morgan fingerprint density at radius 3 is 2.19 bits per heavy atom. The van der Waals surface area contributed by atoms with E-state index in [0.29, 0.717) is 40.7 Å². The van der Waals surface area contributed by atoms with Gasteiger partial charge in [0.1, 0.15) is 0 Å². The van der Waals surface area contributed by atoms with Gasteiger partial charge in [-0.25, -0.2) is 4.79 Å². The van der Waals surface area contributed by atoms with Crippen molar-refractivity contribution in [3.8, 4) is 23.0 Å². The Labute approximate surface area is 187 Å². The second kappa shape index (κ2) is 10.8. The topological polar surface area (TPSA) is 71.1 Å². The van der Waals surface area contributed by atoms with Gasteiger partial charge in [-0.15, -0.1) is 0 Å². The highest BCUT2D eigenvalue weighted by molar-refractivity contribution is 6.07. The van der Waals surface area contributed by atoms with E-state index in [1.54, 1.807) is 66.7 Å². The van der Waals surface area contributed by atoms with Gasteiger partial charge in [0.05, 0.1) is 26.4 Å². The fourth-order valence-electron chi connectivity index (χ4n) is 2.97. The molecule has 0 saturated heterocycles. The van der Waals surface area contributed by atoms with E-state index in [4.69, 9.17) is 18.9 Å². The molecule has 0 bridgehead atoms. The molecule has 0 atom stereocenters. The summed E-state index contributed by atoms with van der Waals surface area (Å²) in [6.07, 6.45) is 3.13. The molecule has 0 aliphatic rings. The highest BCUT2D eigenvalue weighted by Crippen LogP contribution is 2.30. The first kappa shape index (κ1) is 22.6. The van der Waals surface area contributed by atoms with Gasteiger partial charge in [-0.05, 0) is 61.0 Å². The van der Waals surface area contributed by atoms with Crippen molar-refractivity contribution in [2.24, 2.45) is 0 Å². The lowest BCUT2D eigenvalue weighted by atomic mass is 10.1. The third kappa shape index (κ3) is 5.55. The zero-order chi connectivity index (χ0) is 22.9. The van der Waals surface area contributed by atoms with Gasteiger partial charge in [-0.3, -0.25) is 4.79 Å².